The molecular weight excluding hydrogens is 340 g/mol. The number of amides is 1. The maximum atomic E-state index is 12.3. The number of quaternary nitrogens is 1. The van der Waals surface area contributed by atoms with E-state index in [1.165, 1.54) is 16.3 Å². The van der Waals surface area contributed by atoms with E-state index in [0.717, 1.165) is 17.1 Å². The summed E-state index contributed by atoms with van der Waals surface area (Å²) in [6.45, 7) is 3.25. The van der Waals surface area contributed by atoms with Gasteiger partial charge in [-0.25, -0.2) is 0 Å². The first-order valence-electron chi connectivity index (χ1n) is 9.17. The number of rotatable bonds is 6. The molecule has 1 amide bonds. The standard InChI is InChI=1S/C22H22N2O3/c1-15(18-8-4-6-17-5-2-3-7-19(17)18)23-13-22(25)24-12-16-9-10-20-21(11-16)27-14-26-20/h2-11,15,23H,12-14H2,1H3,(H,24,25)/p+1/t15-/m1/s1. The van der Waals surface area contributed by atoms with Crippen molar-refractivity contribution >= 4 is 16.7 Å². The molecule has 0 spiro atoms. The number of nitrogens with one attached hydrogen (secondary N) is 1. The fraction of sp³-hybridized carbons (Fsp3) is 0.227. The van der Waals surface area contributed by atoms with Crippen LogP contribution in [0.4, 0.5) is 0 Å². The highest BCUT2D eigenvalue weighted by atomic mass is 16.7. The van der Waals surface area contributed by atoms with E-state index in [4.69, 9.17) is 9.47 Å². The fourth-order valence-electron chi connectivity index (χ4n) is 3.38. The first-order valence-corrected chi connectivity index (χ1v) is 9.17. The van der Waals surface area contributed by atoms with Gasteiger partial charge in [-0.2, -0.15) is 0 Å². The van der Waals surface area contributed by atoms with Gasteiger partial charge in [0.1, 0.15) is 6.04 Å². The molecule has 1 heterocycles. The van der Waals surface area contributed by atoms with E-state index >= 15 is 0 Å². The first-order chi connectivity index (χ1) is 13.2. The largest absolute Gasteiger partial charge is 0.454 e. The van der Waals surface area contributed by atoms with Crippen LogP contribution in [-0.2, 0) is 11.3 Å². The molecule has 0 aromatic heterocycles. The summed E-state index contributed by atoms with van der Waals surface area (Å²) < 4.78 is 10.7. The zero-order valence-corrected chi connectivity index (χ0v) is 15.3. The molecule has 0 radical (unpaired) electrons. The Balaban J connectivity index is 1.32. The van der Waals surface area contributed by atoms with Gasteiger partial charge < -0.3 is 20.1 Å². The number of benzene rings is 3. The van der Waals surface area contributed by atoms with Crippen LogP contribution in [0, 0.1) is 0 Å². The smallest absolute Gasteiger partial charge is 0.275 e. The number of carbonyl (C=O) groups excluding carboxylic acids is 1. The lowest BCUT2D eigenvalue weighted by Crippen LogP contribution is -2.87. The highest BCUT2D eigenvalue weighted by molar-refractivity contribution is 5.86. The zero-order valence-electron chi connectivity index (χ0n) is 15.3. The summed E-state index contributed by atoms with van der Waals surface area (Å²) in [6, 6.07) is 20.6. The van der Waals surface area contributed by atoms with Gasteiger partial charge in [0.25, 0.3) is 5.91 Å². The third kappa shape index (κ3) is 3.88. The minimum absolute atomic E-state index is 0.0137. The van der Waals surface area contributed by atoms with Gasteiger partial charge in [-0.3, -0.25) is 4.79 Å². The molecule has 0 bridgehead atoms. The van der Waals surface area contributed by atoms with Crippen molar-refractivity contribution in [3.63, 3.8) is 0 Å². The predicted molar refractivity (Wildman–Crippen MR) is 104 cm³/mol. The summed E-state index contributed by atoms with van der Waals surface area (Å²) in [5, 5.41) is 7.50. The molecule has 5 heteroatoms. The molecule has 3 aromatic carbocycles. The average Bonchev–Trinajstić information content (AvgIpc) is 3.18. The Labute approximate surface area is 158 Å². The predicted octanol–water partition coefficient (Wildman–Crippen LogP) is 2.51. The summed E-state index contributed by atoms with van der Waals surface area (Å²) in [5.41, 5.74) is 2.24. The third-order valence-corrected chi connectivity index (χ3v) is 4.90. The van der Waals surface area contributed by atoms with Crippen molar-refractivity contribution in [2.75, 3.05) is 13.3 Å². The molecule has 0 fully saturated rings. The topological polar surface area (TPSA) is 64.2 Å². The molecule has 1 aliphatic rings. The fourth-order valence-corrected chi connectivity index (χ4v) is 3.38. The Bertz CT molecular complexity index is 965. The molecule has 4 rings (SSSR count). The first kappa shape index (κ1) is 17.4. The Morgan fingerprint density at radius 2 is 1.89 bits per heavy atom. The Morgan fingerprint density at radius 3 is 2.81 bits per heavy atom. The number of hydrogen-bond donors (Lipinski definition) is 2. The number of nitrogens with two attached hydrogens (primary N) is 1. The molecule has 0 aliphatic carbocycles. The minimum Gasteiger partial charge on any atom is -0.454 e. The molecule has 3 aromatic rings. The van der Waals surface area contributed by atoms with Crippen LogP contribution in [0.2, 0.25) is 0 Å². The summed E-state index contributed by atoms with van der Waals surface area (Å²) >= 11 is 0. The van der Waals surface area contributed by atoms with Crippen LogP contribution >= 0.6 is 0 Å². The van der Waals surface area contributed by atoms with Gasteiger partial charge in [0.2, 0.25) is 6.79 Å². The Hall–Kier alpha value is -3.05. The van der Waals surface area contributed by atoms with Gasteiger partial charge in [0, 0.05) is 12.1 Å². The van der Waals surface area contributed by atoms with Crippen molar-refractivity contribution in [1.82, 2.24) is 5.32 Å². The van der Waals surface area contributed by atoms with Crippen LogP contribution in [0.5, 0.6) is 11.5 Å². The van der Waals surface area contributed by atoms with E-state index < -0.39 is 0 Å². The average molecular weight is 363 g/mol. The van der Waals surface area contributed by atoms with Gasteiger partial charge in [-0.1, -0.05) is 48.5 Å². The van der Waals surface area contributed by atoms with Crippen molar-refractivity contribution in [2.24, 2.45) is 0 Å². The molecule has 138 valence electrons. The molecule has 27 heavy (non-hydrogen) atoms. The highest BCUT2D eigenvalue weighted by Gasteiger charge is 2.15. The van der Waals surface area contributed by atoms with Crippen LogP contribution in [-0.4, -0.2) is 19.2 Å². The van der Waals surface area contributed by atoms with Crippen molar-refractivity contribution in [1.29, 1.82) is 0 Å². The SMILES string of the molecule is C[C@@H]([NH2+]CC(=O)NCc1ccc2c(c1)OCO2)c1cccc2ccccc12. The third-order valence-electron chi connectivity index (χ3n) is 4.90. The van der Waals surface area contributed by atoms with E-state index in [2.05, 4.69) is 54.0 Å². The maximum absolute atomic E-state index is 12.3. The quantitative estimate of drug-likeness (QED) is 0.707. The minimum atomic E-state index is 0.0137. The van der Waals surface area contributed by atoms with Crippen LogP contribution in [0.25, 0.3) is 10.8 Å². The summed E-state index contributed by atoms with van der Waals surface area (Å²) in [4.78, 5) is 12.3. The van der Waals surface area contributed by atoms with Gasteiger partial charge in [0.05, 0.1) is 0 Å². The second-order valence-electron chi connectivity index (χ2n) is 6.76. The van der Waals surface area contributed by atoms with E-state index in [0.29, 0.717) is 13.1 Å². The monoisotopic (exact) mass is 363 g/mol. The molecule has 1 aliphatic heterocycles. The van der Waals surface area contributed by atoms with E-state index in [1.54, 1.807) is 0 Å². The van der Waals surface area contributed by atoms with Crippen molar-refractivity contribution in [3.05, 3.63) is 71.8 Å². The van der Waals surface area contributed by atoms with Crippen LogP contribution in [0.15, 0.2) is 60.7 Å². The normalized spacial score (nSPS) is 13.5. The molecule has 5 nitrogen and oxygen atoms in total. The number of fused-ring (bicyclic) bond motifs is 2. The van der Waals surface area contributed by atoms with Crippen LogP contribution < -0.4 is 20.1 Å². The van der Waals surface area contributed by atoms with Gasteiger partial charge in [0.15, 0.2) is 18.0 Å². The van der Waals surface area contributed by atoms with Crippen LogP contribution in [0.3, 0.4) is 0 Å². The summed E-state index contributed by atoms with van der Waals surface area (Å²) in [7, 11) is 0. The van der Waals surface area contributed by atoms with E-state index in [-0.39, 0.29) is 18.7 Å². The number of ether oxygens (including phenoxy) is 2. The molecular formula is C22H23N2O3+. The van der Waals surface area contributed by atoms with Gasteiger partial charge in [-0.05, 0) is 35.4 Å². The van der Waals surface area contributed by atoms with Crippen molar-refractivity contribution in [2.45, 2.75) is 19.5 Å². The lowest BCUT2D eigenvalue weighted by atomic mass is 10.00. The van der Waals surface area contributed by atoms with Crippen molar-refractivity contribution < 1.29 is 19.6 Å². The maximum Gasteiger partial charge on any atom is 0.275 e. The molecule has 1 atom stereocenters. The molecule has 0 unspecified atom stereocenters. The number of hydrogen-bond acceptors (Lipinski definition) is 3. The summed E-state index contributed by atoms with van der Waals surface area (Å²) in [6.07, 6.45) is 0. The number of carbonyl (C=O) groups is 1. The Morgan fingerprint density at radius 1 is 1.07 bits per heavy atom. The van der Waals surface area contributed by atoms with E-state index in [9.17, 15) is 4.79 Å². The summed E-state index contributed by atoms with van der Waals surface area (Å²) in [5.74, 6) is 1.50. The lowest BCUT2D eigenvalue weighted by molar-refractivity contribution is -0.682. The highest BCUT2D eigenvalue weighted by Crippen LogP contribution is 2.32. The lowest BCUT2D eigenvalue weighted by Gasteiger charge is -2.14. The Kier molecular flexibility index (Phi) is 4.94. The van der Waals surface area contributed by atoms with Gasteiger partial charge in [-0.15, -0.1) is 0 Å². The van der Waals surface area contributed by atoms with Gasteiger partial charge >= 0.3 is 0 Å². The zero-order chi connectivity index (χ0) is 18.6. The molecule has 0 saturated carbocycles. The second-order valence-corrected chi connectivity index (χ2v) is 6.76. The van der Waals surface area contributed by atoms with Crippen molar-refractivity contribution in [3.8, 4) is 11.5 Å². The van der Waals surface area contributed by atoms with Crippen LogP contribution in [0.1, 0.15) is 24.1 Å². The molecule has 3 N–H and O–H groups in total. The van der Waals surface area contributed by atoms with E-state index in [1.807, 2.05) is 24.3 Å². The second kappa shape index (κ2) is 7.68. The molecule has 0 saturated heterocycles.